The van der Waals surface area contributed by atoms with E-state index in [2.05, 4.69) is 41.7 Å². The molecule has 3 aliphatic carbocycles. The maximum absolute atomic E-state index is 16.2. The average molecular weight is 926 g/mol. The predicted molar refractivity (Wildman–Crippen MR) is 251 cm³/mol. The van der Waals surface area contributed by atoms with Crippen molar-refractivity contribution in [1.82, 2.24) is 34.6 Å². The molecule has 0 radical (unpaired) electrons. The standard InChI is InChI=1S/C52H53ClFN7O6/c1-30(2)42(57-50(64)67-51(4,5)6)49(63)66-31(3)65-48(62)41-32-22-24-33(25-23-32)44(41)60-29-40(54)39-28-55-45(58-47(39)60)43-38-26-37(53)27-56-46(38)61(59-43)52(34-16-10-7-11-17-34,35-18-12-8-13-19-35)36-20-14-9-15-21-36/h7-21,26-33,41-42,44H,22-25H2,1-6H3,(H,57,64)/t31?,32?,33?,41-,42-,44-/m0/s1. The van der Waals surface area contributed by atoms with Crippen LogP contribution in [0.3, 0.4) is 0 Å². The molecule has 13 nitrogen and oxygen atoms in total. The normalized spacial score (nSPS) is 19.3. The van der Waals surface area contributed by atoms with E-state index in [0.717, 1.165) is 42.4 Å². The number of amides is 1. The Bertz CT molecular complexity index is 2830. The van der Waals surface area contributed by atoms with E-state index in [1.807, 2.05) is 59.3 Å². The first-order chi connectivity index (χ1) is 32.1. The van der Waals surface area contributed by atoms with Crippen molar-refractivity contribution in [3.05, 3.63) is 143 Å². The molecule has 0 aliphatic heterocycles. The SMILES string of the molecule is CC(OC(=O)[C@@H](NC(=O)OC(C)(C)C)C(C)C)OC(=O)[C@H]1C2CCC(CC2)[C@@H]1n1cc(F)c2cnc(-c3nn(C(c4ccccc4)(c4ccccc4)c4ccccc4)c4ncc(Cl)cc34)nc21. The highest BCUT2D eigenvalue weighted by Gasteiger charge is 2.50. The molecular formula is C52H53ClFN7O6. The van der Waals surface area contributed by atoms with Crippen LogP contribution < -0.4 is 5.32 Å². The van der Waals surface area contributed by atoms with E-state index in [1.165, 1.54) is 19.3 Å². The van der Waals surface area contributed by atoms with Crippen LogP contribution in [-0.2, 0) is 29.3 Å². The molecule has 3 fully saturated rings. The highest BCUT2D eigenvalue weighted by atomic mass is 35.5. The fourth-order valence-electron chi connectivity index (χ4n) is 10.2. The van der Waals surface area contributed by atoms with Gasteiger partial charge in [-0.05, 0) is 87.0 Å². The lowest BCUT2D eigenvalue weighted by atomic mass is 9.61. The molecule has 0 saturated heterocycles. The fourth-order valence-corrected chi connectivity index (χ4v) is 10.4. The van der Waals surface area contributed by atoms with Crippen molar-refractivity contribution in [2.75, 3.05) is 0 Å². The number of pyridine rings is 1. The van der Waals surface area contributed by atoms with Gasteiger partial charge in [0.25, 0.3) is 0 Å². The molecule has 1 amide bonds. The molecule has 3 aliphatic rings. The smallest absolute Gasteiger partial charge is 0.408 e. The van der Waals surface area contributed by atoms with E-state index < -0.39 is 59.3 Å². The zero-order chi connectivity index (χ0) is 47.2. The van der Waals surface area contributed by atoms with Gasteiger partial charge in [-0.15, -0.1) is 0 Å². The quantitative estimate of drug-likeness (QED) is 0.0712. The van der Waals surface area contributed by atoms with Crippen LogP contribution in [0.1, 0.15) is 90.0 Å². The summed E-state index contributed by atoms with van der Waals surface area (Å²) in [4.78, 5) is 55.1. The monoisotopic (exact) mass is 925 g/mol. The van der Waals surface area contributed by atoms with Crippen molar-refractivity contribution in [2.45, 2.75) is 96.7 Å². The summed E-state index contributed by atoms with van der Waals surface area (Å²) in [6.45, 7) is 10.1. The number of hydrogen-bond donors (Lipinski definition) is 1. The Labute approximate surface area is 393 Å². The van der Waals surface area contributed by atoms with Crippen LogP contribution >= 0.6 is 11.6 Å². The number of nitrogens with one attached hydrogen (secondary N) is 1. The fraction of sp³-hybridized carbons (Fsp3) is 0.365. The molecule has 2 bridgehead atoms. The van der Waals surface area contributed by atoms with Crippen molar-refractivity contribution in [3.63, 3.8) is 0 Å². The molecule has 3 aromatic carbocycles. The molecule has 67 heavy (non-hydrogen) atoms. The number of halogens is 2. The molecule has 7 aromatic rings. The molecule has 15 heteroatoms. The van der Waals surface area contributed by atoms with Crippen LogP contribution in [0.25, 0.3) is 33.6 Å². The lowest BCUT2D eigenvalue weighted by molar-refractivity contribution is -0.194. The van der Waals surface area contributed by atoms with Gasteiger partial charge in [-0.2, -0.15) is 5.10 Å². The Hall–Kier alpha value is -6.67. The summed E-state index contributed by atoms with van der Waals surface area (Å²) in [5, 5.41) is 9.10. The van der Waals surface area contributed by atoms with Gasteiger partial charge in [-0.25, -0.2) is 33.6 Å². The molecule has 1 unspecified atom stereocenters. The lowest BCUT2D eigenvalue weighted by Crippen LogP contribution is -2.49. The highest BCUT2D eigenvalue weighted by Crippen LogP contribution is 2.53. The Morgan fingerprint density at radius 2 is 1.36 bits per heavy atom. The van der Waals surface area contributed by atoms with Gasteiger partial charge in [0, 0.05) is 25.5 Å². The molecule has 346 valence electrons. The van der Waals surface area contributed by atoms with Crippen LogP contribution in [-0.4, -0.2) is 65.3 Å². The summed E-state index contributed by atoms with van der Waals surface area (Å²) >= 11 is 6.71. The van der Waals surface area contributed by atoms with E-state index in [0.29, 0.717) is 27.4 Å². The number of nitrogens with zero attached hydrogens (tertiary/aromatic N) is 6. The third-order valence-electron chi connectivity index (χ3n) is 13.0. The number of ether oxygens (including phenoxy) is 3. The van der Waals surface area contributed by atoms with E-state index in [-0.39, 0.29) is 29.0 Å². The second kappa shape index (κ2) is 18.2. The van der Waals surface area contributed by atoms with Crippen LogP contribution in [0.2, 0.25) is 5.02 Å². The maximum atomic E-state index is 16.2. The van der Waals surface area contributed by atoms with Crippen LogP contribution in [0.15, 0.2) is 116 Å². The Morgan fingerprint density at radius 1 is 0.776 bits per heavy atom. The minimum atomic E-state index is -1.28. The van der Waals surface area contributed by atoms with Gasteiger partial charge in [0.1, 0.15) is 28.5 Å². The van der Waals surface area contributed by atoms with E-state index in [4.69, 9.17) is 45.9 Å². The topological polar surface area (TPSA) is 152 Å². The summed E-state index contributed by atoms with van der Waals surface area (Å²) < 4.78 is 36.7. The molecular weight excluding hydrogens is 873 g/mol. The Kier molecular flexibility index (Phi) is 12.4. The zero-order valence-electron chi connectivity index (χ0n) is 38.2. The van der Waals surface area contributed by atoms with Crippen molar-refractivity contribution in [2.24, 2.45) is 23.7 Å². The number of hydrogen-bond acceptors (Lipinski definition) is 10. The Morgan fingerprint density at radius 3 is 1.93 bits per heavy atom. The molecule has 4 aromatic heterocycles. The van der Waals surface area contributed by atoms with E-state index in [9.17, 15) is 14.4 Å². The molecule has 1 N–H and O–H groups in total. The summed E-state index contributed by atoms with van der Waals surface area (Å²) in [5.41, 5.74) is 2.16. The predicted octanol–water partition coefficient (Wildman–Crippen LogP) is 10.4. The van der Waals surface area contributed by atoms with Gasteiger partial charge in [-0.3, -0.25) is 4.79 Å². The molecule has 4 atom stereocenters. The van der Waals surface area contributed by atoms with Gasteiger partial charge in [-0.1, -0.05) is 116 Å². The second-order valence-corrected chi connectivity index (χ2v) is 19.3. The molecule has 3 saturated carbocycles. The largest absolute Gasteiger partial charge is 0.444 e. The van der Waals surface area contributed by atoms with Crippen molar-refractivity contribution >= 4 is 51.7 Å². The highest BCUT2D eigenvalue weighted by molar-refractivity contribution is 6.31. The number of aromatic nitrogens is 6. The van der Waals surface area contributed by atoms with Crippen molar-refractivity contribution in [3.8, 4) is 11.5 Å². The van der Waals surface area contributed by atoms with Crippen molar-refractivity contribution < 1.29 is 33.0 Å². The van der Waals surface area contributed by atoms with E-state index in [1.54, 1.807) is 51.4 Å². The number of benzene rings is 3. The van der Waals surface area contributed by atoms with Gasteiger partial charge < -0.3 is 24.1 Å². The first-order valence-electron chi connectivity index (χ1n) is 22.8. The number of alkyl carbamates (subject to hydrolysis) is 1. The number of rotatable bonds is 12. The summed E-state index contributed by atoms with van der Waals surface area (Å²) in [7, 11) is 0. The number of esters is 2. The van der Waals surface area contributed by atoms with Gasteiger partial charge in [0.2, 0.25) is 6.29 Å². The summed E-state index contributed by atoms with van der Waals surface area (Å²) in [6, 6.07) is 30.5. The van der Waals surface area contributed by atoms with Crippen LogP contribution in [0.5, 0.6) is 0 Å². The first kappa shape index (κ1) is 45.5. The molecule has 10 rings (SSSR count). The minimum absolute atomic E-state index is 0.00320. The number of carbonyl (C=O) groups excluding carboxylic acids is 3. The number of fused-ring (bicyclic) bond motifs is 5. The Balaban J connectivity index is 1.10. The number of carbonyl (C=O) groups is 3. The van der Waals surface area contributed by atoms with Crippen molar-refractivity contribution in [1.29, 1.82) is 0 Å². The second-order valence-electron chi connectivity index (χ2n) is 18.9. The minimum Gasteiger partial charge on any atom is -0.444 e. The lowest BCUT2D eigenvalue weighted by Gasteiger charge is -2.48. The zero-order valence-corrected chi connectivity index (χ0v) is 39.0. The van der Waals surface area contributed by atoms with Crippen LogP contribution in [0.4, 0.5) is 9.18 Å². The summed E-state index contributed by atoms with van der Waals surface area (Å²) in [5.74, 6) is -2.79. The molecule has 0 spiro atoms. The van der Waals surface area contributed by atoms with Gasteiger partial charge in [0.05, 0.1) is 27.8 Å². The van der Waals surface area contributed by atoms with E-state index >= 15 is 4.39 Å². The molecule has 4 heterocycles. The summed E-state index contributed by atoms with van der Waals surface area (Å²) in [6.07, 6.45) is 5.62. The van der Waals surface area contributed by atoms with Crippen LogP contribution in [0, 0.1) is 29.5 Å². The van der Waals surface area contributed by atoms with Gasteiger partial charge in [0.15, 0.2) is 17.3 Å². The average Bonchev–Trinajstić information content (AvgIpc) is 3.85. The van der Waals surface area contributed by atoms with Gasteiger partial charge >= 0.3 is 18.0 Å². The third kappa shape index (κ3) is 8.63. The first-order valence-corrected chi connectivity index (χ1v) is 23.2. The third-order valence-corrected chi connectivity index (χ3v) is 13.2. The maximum Gasteiger partial charge on any atom is 0.408 e.